The third kappa shape index (κ3) is 1.46. The summed E-state index contributed by atoms with van der Waals surface area (Å²) >= 11 is 0. The zero-order valence-electron chi connectivity index (χ0n) is 9.86. The molecule has 0 aliphatic rings. The number of nitrogens with two attached hydrogens (primary N) is 1. The van der Waals surface area contributed by atoms with E-state index in [1.165, 1.54) is 0 Å². The number of nitrogen functional groups attached to an aromatic ring is 1. The molecule has 2 aromatic rings. The van der Waals surface area contributed by atoms with Crippen LogP contribution in [0.5, 0.6) is 0 Å². The molecule has 84 valence electrons. The van der Waals surface area contributed by atoms with E-state index in [-0.39, 0.29) is 5.41 Å². The van der Waals surface area contributed by atoms with Crippen molar-refractivity contribution in [3.63, 3.8) is 0 Å². The maximum Gasteiger partial charge on any atom is 0.160 e. The summed E-state index contributed by atoms with van der Waals surface area (Å²) in [4.78, 5) is 4.59. The molecule has 0 aromatic carbocycles. The average Bonchev–Trinajstić information content (AvgIpc) is 2.61. The standard InChI is InChI=1S/C12H16N4/c1-5-12(3,4)9-6-10(13)16-11(15-9)8(2)7-14-16/h5-7H,1,13H2,2-4H3. The molecule has 0 saturated heterocycles. The summed E-state index contributed by atoms with van der Waals surface area (Å²) in [5.41, 5.74) is 8.50. The highest BCUT2D eigenvalue weighted by molar-refractivity contribution is 5.53. The van der Waals surface area contributed by atoms with Crippen molar-refractivity contribution >= 4 is 11.5 Å². The van der Waals surface area contributed by atoms with Gasteiger partial charge in [-0.25, -0.2) is 4.98 Å². The first-order valence-electron chi connectivity index (χ1n) is 5.20. The summed E-state index contributed by atoms with van der Waals surface area (Å²) in [6.45, 7) is 9.92. The highest BCUT2D eigenvalue weighted by Crippen LogP contribution is 2.25. The first kappa shape index (κ1) is 10.7. The Kier molecular flexibility index (Phi) is 2.22. The smallest absolute Gasteiger partial charge is 0.160 e. The van der Waals surface area contributed by atoms with Gasteiger partial charge in [0, 0.05) is 17.0 Å². The van der Waals surface area contributed by atoms with Crippen LogP contribution < -0.4 is 5.73 Å². The molecule has 0 aliphatic carbocycles. The van der Waals surface area contributed by atoms with Gasteiger partial charge in [-0.2, -0.15) is 9.61 Å². The normalized spacial score (nSPS) is 11.9. The Morgan fingerprint density at radius 1 is 1.50 bits per heavy atom. The molecule has 4 heteroatoms. The summed E-state index contributed by atoms with van der Waals surface area (Å²) < 4.78 is 1.65. The molecule has 0 spiro atoms. The van der Waals surface area contributed by atoms with Crippen molar-refractivity contribution in [3.05, 3.63) is 36.2 Å². The summed E-state index contributed by atoms with van der Waals surface area (Å²) in [6, 6.07) is 1.85. The Hall–Kier alpha value is -1.84. The largest absolute Gasteiger partial charge is 0.384 e. The number of anilines is 1. The zero-order chi connectivity index (χ0) is 11.9. The summed E-state index contributed by atoms with van der Waals surface area (Å²) in [5, 5.41) is 4.17. The molecule has 16 heavy (non-hydrogen) atoms. The van der Waals surface area contributed by atoms with E-state index in [4.69, 9.17) is 5.73 Å². The number of allylic oxidation sites excluding steroid dienone is 1. The minimum absolute atomic E-state index is 0.188. The number of fused-ring (bicyclic) bond motifs is 1. The number of aryl methyl sites for hydroxylation is 1. The predicted molar refractivity (Wildman–Crippen MR) is 65.4 cm³/mol. The van der Waals surface area contributed by atoms with Gasteiger partial charge in [-0.05, 0) is 6.92 Å². The van der Waals surface area contributed by atoms with Gasteiger partial charge in [0.1, 0.15) is 5.82 Å². The van der Waals surface area contributed by atoms with E-state index in [0.717, 1.165) is 16.9 Å². The number of aromatic nitrogens is 3. The molecule has 4 nitrogen and oxygen atoms in total. The van der Waals surface area contributed by atoms with Gasteiger partial charge in [0.25, 0.3) is 0 Å². The van der Waals surface area contributed by atoms with Crippen LogP contribution >= 0.6 is 0 Å². The van der Waals surface area contributed by atoms with E-state index < -0.39 is 0 Å². The van der Waals surface area contributed by atoms with Gasteiger partial charge in [-0.1, -0.05) is 19.9 Å². The molecular weight excluding hydrogens is 200 g/mol. The molecule has 0 aliphatic heterocycles. The Morgan fingerprint density at radius 2 is 2.19 bits per heavy atom. The van der Waals surface area contributed by atoms with Gasteiger partial charge >= 0.3 is 0 Å². The Bertz CT molecular complexity index is 551. The van der Waals surface area contributed by atoms with Crippen molar-refractivity contribution in [1.82, 2.24) is 14.6 Å². The second-order valence-electron chi connectivity index (χ2n) is 4.56. The number of hydrogen-bond acceptors (Lipinski definition) is 3. The first-order chi connectivity index (χ1) is 7.45. The fourth-order valence-electron chi connectivity index (χ4n) is 1.53. The van der Waals surface area contributed by atoms with Crippen molar-refractivity contribution in [2.75, 3.05) is 5.73 Å². The van der Waals surface area contributed by atoms with E-state index in [2.05, 4.69) is 30.5 Å². The highest BCUT2D eigenvalue weighted by Gasteiger charge is 2.20. The quantitative estimate of drug-likeness (QED) is 0.782. The lowest BCUT2D eigenvalue weighted by Crippen LogP contribution is -2.17. The van der Waals surface area contributed by atoms with Crippen molar-refractivity contribution in [3.8, 4) is 0 Å². The third-order valence-electron chi connectivity index (χ3n) is 2.85. The van der Waals surface area contributed by atoms with E-state index >= 15 is 0 Å². The Balaban J connectivity index is 2.74. The fourth-order valence-corrected chi connectivity index (χ4v) is 1.53. The van der Waals surface area contributed by atoms with E-state index in [0.29, 0.717) is 5.82 Å². The average molecular weight is 216 g/mol. The minimum Gasteiger partial charge on any atom is -0.384 e. The van der Waals surface area contributed by atoms with Crippen molar-refractivity contribution in [2.24, 2.45) is 0 Å². The van der Waals surface area contributed by atoms with Crippen molar-refractivity contribution < 1.29 is 0 Å². The van der Waals surface area contributed by atoms with E-state index in [9.17, 15) is 0 Å². The van der Waals surface area contributed by atoms with Crippen LogP contribution in [0.3, 0.4) is 0 Å². The molecule has 0 atom stereocenters. The van der Waals surface area contributed by atoms with Crippen LogP contribution in [0.4, 0.5) is 5.82 Å². The lowest BCUT2D eigenvalue weighted by Gasteiger charge is -2.19. The van der Waals surface area contributed by atoms with Crippen LogP contribution in [0.2, 0.25) is 0 Å². The van der Waals surface area contributed by atoms with Gasteiger partial charge in [0.15, 0.2) is 5.65 Å². The zero-order valence-corrected chi connectivity index (χ0v) is 9.86. The van der Waals surface area contributed by atoms with Gasteiger partial charge in [0.2, 0.25) is 0 Å². The van der Waals surface area contributed by atoms with Crippen LogP contribution in [-0.4, -0.2) is 14.6 Å². The van der Waals surface area contributed by atoms with Crippen LogP contribution in [0.1, 0.15) is 25.1 Å². The molecule has 0 unspecified atom stereocenters. The molecule has 2 N–H and O–H groups in total. The van der Waals surface area contributed by atoms with Crippen molar-refractivity contribution in [2.45, 2.75) is 26.2 Å². The monoisotopic (exact) mass is 216 g/mol. The van der Waals surface area contributed by atoms with Gasteiger partial charge in [-0.3, -0.25) is 0 Å². The summed E-state index contributed by atoms with van der Waals surface area (Å²) in [5.74, 6) is 0.600. The molecule has 2 aromatic heterocycles. The molecule has 0 fully saturated rings. The fraction of sp³-hybridized carbons (Fsp3) is 0.333. The SMILES string of the molecule is C=CC(C)(C)c1cc(N)n2ncc(C)c2n1. The number of hydrogen-bond donors (Lipinski definition) is 1. The van der Waals surface area contributed by atoms with Crippen molar-refractivity contribution in [1.29, 1.82) is 0 Å². The molecular formula is C12H16N4. The predicted octanol–water partition coefficient (Wildman–Crippen LogP) is 2.08. The van der Waals surface area contributed by atoms with Gasteiger partial charge < -0.3 is 5.73 Å². The van der Waals surface area contributed by atoms with E-state index in [1.54, 1.807) is 10.7 Å². The highest BCUT2D eigenvalue weighted by atomic mass is 15.3. The van der Waals surface area contributed by atoms with Crippen LogP contribution in [0, 0.1) is 6.92 Å². The Labute approximate surface area is 94.8 Å². The van der Waals surface area contributed by atoms with Gasteiger partial charge in [-0.15, -0.1) is 6.58 Å². The minimum atomic E-state index is -0.188. The number of rotatable bonds is 2. The van der Waals surface area contributed by atoms with Crippen LogP contribution in [0.15, 0.2) is 24.9 Å². The summed E-state index contributed by atoms with van der Waals surface area (Å²) in [7, 11) is 0. The lowest BCUT2D eigenvalue weighted by atomic mass is 9.89. The molecule has 0 amide bonds. The van der Waals surface area contributed by atoms with Gasteiger partial charge in [0.05, 0.1) is 11.9 Å². The molecule has 2 rings (SSSR count). The topological polar surface area (TPSA) is 56.2 Å². The molecule has 0 bridgehead atoms. The Morgan fingerprint density at radius 3 is 2.81 bits per heavy atom. The maximum absolute atomic E-state index is 5.95. The second kappa shape index (κ2) is 3.33. The molecule has 0 radical (unpaired) electrons. The van der Waals surface area contributed by atoms with Crippen LogP contribution in [-0.2, 0) is 5.41 Å². The second-order valence-corrected chi connectivity index (χ2v) is 4.56. The molecule has 2 heterocycles. The van der Waals surface area contributed by atoms with Crippen LogP contribution in [0.25, 0.3) is 5.65 Å². The first-order valence-corrected chi connectivity index (χ1v) is 5.20. The van der Waals surface area contributed by atoms with E-state index in [1.807, 2.05) is 19.1 Å². The number of nitrogens with zero attached hydrogens (tertiary/aromatic N) is 3. The summed E-state index contributed by atoms with van der Waals surface area (Å²) in [6.07, 6.45) is 3.64. The lowest BCUT2D eigenvalue weighted by molar-refractivity contribution is 0.644. The maximum atomic E-state index is 5.95. The molecule has 0 saturated carbocycles. The third-order valence-corrected chi connectivity index (χ3v) is 2.85.